The van der Waals surface area contributed by atoms with Crippen molar-refractivity contribution in [2.24, 2.45) is 0 Å². The van der Waals surface area contributed by atoms with Crippen molar-refractivity contribution in [3.8, 4) is 5.75 Å². The topological polar surface area (TPSA) is 44.8 Å². The fraction of sp³-hybridized carbons (Fsp3) is 0.632. The number of unbranched alkanes of at least 4 members (excludes halogenated alkanes) is 1. The summed E-state index contributed by atoms with van der Waals surface area (Å²) < 4.78 is 30.6. The molecule has 0 radical (unpaired) electrons. The molecule has 1 aromatic carbocycles. The van der Waals surface area contributed by atoms with E-state index >= 15 is 0 Å². The Kier molecular flexibility index (Phi) is 9.38. The van der Waals surface area contributed by atoms with Crippen LogP contribution < -0.4 is 4.74 Å². The molecular formula is C19H29FO4. The molecule has 0 aliphatic carbocycles. The molecule has 0 aliphatic rings. The third-order valence-electron chi connectivity index (χ3n) is 3.36. The highest BCUT2D eigenvalue weighted by molar-refractivity contribution is 5.69. The van der Waals surface area contributed by atoms with Crippen molar-refractivity contribution in [2.45, 2.75) is 65.6 Å². The molecule has 1 aromatic rings. The molecule has 136 valence electrons. The second kappa shape index (κ2) is 11.0. The van der Waals surface area contributed by atoms with Crippen molar-refractivity contribution in [1.29, 1.82) is 0 Å². The Labute approximate surface area is 144 Å². The van der Waals surface area contributed by atoms with Crippen LogP contribution >= 0.6 is 0 Å². The van der Waals surface area contributed by atoms with E-state index in [9.17, 15) is 9.18 Å². The number of hydrogen-bond donors (Lipinski definition) is 0. The van der Waals surface area contributed by atoms with Crippen LogP contribution in [0.5, 0.6) is 5.75 Å². The van der Waals surface area contributed by atoms with Crippen molar-refractivity contribution < 1.29 is 23.4 Å². The van der Waals surface area contributed by atoms with Gasteiger partial charge in [0.1, 0.15) is 24.3 Å². The molecule has 0 unspecified atom stereocenters. The van der Waals surface area contributed by atoms with Gasteiger partial charge < -0.3 is 14.2 Å². The van der Waals surface area contributed by atoms with Gasteiger partial charge in [-0.1, -0.05) is 20.3 Å². The van der Waals surface area contributed by atoms with E-state index in [-0.39, 0.29) is 24.5 Å². The highest BCUT2D eigenvalue weighted by Crippen LogP contribution is 2.30. The van der Waals surface area contributed by atoms with E-state index in [1.165, 1.54) is 12.1 Å². The van der Waals surface area contributed by atoms with Gasteiger partial charge in [-0.15, -0.1) is 0 Å². The molecule has 4 nitrogen and oxygen atoms in total. The lowest BCUT2D eigenvalue weighted by Crippen LogP contribution is -2.19. The minimum Gasteiger partial charge on any atom is -0.493 e. The monoisotopic (exact) mass is 340 g/mol. The lowest BCUT2D eigenvalue weighted by Gasteiger charge is -2.23. The number of rotatable bonds is 11. The molecule has 0 aliphatic heterocycles. The zero-order valence-corrected chi connectivity index (χ0v) is 15.1. The van der Waals surface area contributed by atoms with Crippen LogP contribution in [0.2, 0.25) is 0 Å². The van der Waals surface area contributed by atoms with Crippen molar-refractivity contribution in [1.82, 2.24) is 0 Å². The summed E-state index contributed by atoms with van der Waals surface area (Å²) in [6.45, 7) is 8.36. The standard InChI is InChI=1S/C19H29FO4/c1-5-7-11-22-17-10-9-15(20)12-16(17)18(24-14(3)4)13-23-19(21)8-6-2/h9-10,12,14,18H,5-8,11,13H2,1-4H3/t18-/m0/s1. The van der Waals surface area contributed by atoms with Crippen LogP contribution in [0.25, 0.3) is 0 Å². The van der Waals surface area contributed by atoms with Gasteiger partial charge in [0.15, 0.2) is 0 Å². The van der Waals surface area contributed by atoms with E-state index in [4.69, 9.17) is 14.2 Å². The third kappa shape index (κ3) is 7.30. The Balaban J connectivity index is 2.93. The lowest BCUT2D eigenvalue weighted by molar-refractivity contribution is -0.149. The number of hydrogen-bond acceptors (Lipinski definition) is 4. The summed E-state index contributed by atoms with van der Waals surface area (Å²) in [6.07, 6.45) is 2.36. The largest absolute Gasteiger partial charge is 0.493 e. The van der Waals surface area contributed by atoms with Gasteiger partial charge in [-0.05, 0) is 44.9 Å². The van der Waals surface area contributed by atoms with E-state index in [0.717, 1.165) is 19.3 Å². The van der Waals surface area contributed by atoms with Gasteiger partial charge in [0.05, 0.1) is 12.7 Å². The summed E-state index contributed by atoms with van der Waals surface area (Å²) >= 11 is 0. The molecule has 0 amide bonds. The van der Waals surface area contributed by atoms with Crippen LogP contribution in [0, 0.1) is 5.82 Å². The van der Waals surface area contributed by atoms with Gasteiger partial charge >= 0.3 is 5.97 Å². The van der Waals surface area contributed by atoms with Gasteiger partial charge in [-0.2, -0.15) is 0 Å². The minimum atomic E-state index is -0.557. The number of benzene rings is 1. The molecule has 0 heterocycles. The zero-order valence-electron chi connectivity index (χ0n) is 15.1. The van der Waals surface area contributed by atoms with Gasteiger partial charge in [0, 0.05) is 12.0 Å². The summed E-state index contributed by atoms with van der Waals surface area (Å²) in [5, 5.41) is 0. The number of ether oxygens (including phenoxy) is 3. The van der Waals surface area contributed by atoms with Crippen LogP contribution in [-0.2, 0) is 14.3 Å². The van der Waals surface area contributed by atoms with Gasteiger partial charge in [-0.3, -0.25) is 4.79 Å². The van der Waals surface area contributed by atoms with E-state index < -0.39 is 6.10 Å². The molecule has 0 fully saturated rings. The number of esters is 1. The van der Waals surface area contributed by atoms with Crippen molar-refractivity contribution in [3.05, 3.63) is 29.6 Å². The van der Waals surface area contributed by atoms with Crippen LogP contribution in [0.15, 0.2) is 18.2 Å². The SMILES string of the molecule is CCCCOc1ccc(F)cc1[C@H](COC(=O)CCC)OC(C)C. The van der Waals surface area contributed by atoms with Crippen molar-refractivity contribution in [3.63, 3.8) is 0 Å². The second-order valence-electron chi connectivity index (χ2n) is 5.99. The molecule has 0 aromatic heterocycles. The maximum Gasteiger partial charge on any atom is 0.305 e. The molecule has 0 spiro atoms. The average molecular weight is 340 g/mol. The zero-order chi connectivity index (χ0) is 17.9. The molecule has 0 saturated carbocycles. The summed E-state index contributed by atoms with van der Waals surface area (Å²) in [5.74, 6) is -0.0770. The molecule has 5 heteroatoms. The predicted molar refractivity (Wildman–Crippen MR) is 91.6 cm³/mol. The maximum atomic E-state index is 13.7. The Bertz CT molecular complexity index is 502. The smallest absolute Gasteiger partial charge is 0.305 e. The molecule has 0 N–H and O–H groups in total. The predicted octanol–water partition coefficient (Wildman–Crippen LogP) is 4.81. The van der Waals surface area contributed by atoms with Crippen LogP contribution in [0.4, 0.5) is 4.39 Å². The highest BCUT2D eigenvalue weighted by Gasteiger charge is 2.21. The first kappa shape index (κ1) is 20.4. The number of carbonyl (C=O) groups is 1. The first-order valence-corrected chi connectivity index (χ1v) is 8.71. The summed E-state index contributed by atoms with van der Waals surface area (Å²) in [4.78, 5) is 11.6. The average Bonchev–Trinajstić information content (AvgIpc) is 2.53. The highest BCUT2D eigenvalue weighted by atomic mass is 19.1. The van der Waals surface area contributed by atoms with Gasteiger partial charge in [0.25, 0.3) is 0 Å². The third-order valence-corrected chi connectivity index (χ3v) is 3.36. The van der Waals surface area contributed by atoms with E-state index in [0.29, 0.717) is 24.3 Å². The summed E-state index contributed by atoms with van der Waals surface area (Å²) in [7, 11) is 0. The Morgan fingerprint density at radius 2 is 1.96 bits per heavy atom. The van der Waals surface area contributed by atoms with Crippen LogP contribution in [0.1, 0.15) is 65.0 Å². The van der Waals surface area contributed by atoms with Gasteiger partial charge in [-0.25, -0.2) is 4.39 Å². The maximum absolute atomic E-state index is 13.7. The molecule has 24 heavy (non-hydrogen) atoms. The van der Waals surface area contributed by atoms with E-state index in [1.807, 2.05) is 20.8 Å². The van der Waals surface area contributed by atoms with Gasteiger partial charge in [0.2, 0.25) is 0 Å². The van der Waals surface area contributed by atoms with Crippen molar-refractivity contribution >= 4 is 5.97 Å². The summed E-state index contributed by atoms with van der Waals surface area (Å²) in [6, 6.07) is 4.35. The first-order chi connectivity index (χ1) is 11.5. The minimum absolute atomic E-state index is 0.0462. The summed E-state index contributed by atoms with van der Waals surface area (Å²) in [5.41, 5.74) is 0.573. The number of halogens is 1. The molecule has 0 saturated heterocycles. The quantitative estimate of drug-likeness (QED) is 0.428. The fourth-order valence-corrected chi connectivity index (χ4v) is 2.20. The van der Waals surface area contributed by atoms with Crippen LogP contribution in [-0.4, -0.2) is 25.3 Å². The first-order valence-electron chi connectivity index (χ1n) is 8.71. The van der Waals surface area contributed by atoms with E-state index in [1.54, 1.807) is 6.07 Å². The Morgan fingerprint density at radius 1 is 1.21 bits per heavy atom. The molecule has 0 bridgehead atoms. The molecule has 1 rings (SSSR count). The van der Waals surface area contributed by atoms with Crippen molar-refractivity contribution in [2.75, 3.05) is 13.2 Å². The normalized spacial score (nSPS) is 12.2. The fourth-order valence-electron chi connectivity index (χ4n) is 2.20. The van der Waals surface area contributed by atoms with E-state index in [2.05, 4.69) is 6.92 Å². The Morgan fingerprint density at radius 3 is 2.58 bits per heavy atom. The lowest BCUT2D eigenvalue weighted by atomic mass is 10.1. The second-order valence-corrected chi connectivity index (χ2v) is 5.99. The Hall–Kier alpha value is -1.62. The van der Waals surface area contributed by atoms with Crippen LogP contribution in [0.3, 0.4) is 0 Å². The number of carbonyl (C=O) groups excluding carboxylic acids is 1. The molecule has 1 atom stereocenters. The molecular weight excluding hydrogens is 311 g/mol.